The molecule has 0 radical (unpaired) electrons. The molecule has 0 heterocycles. The van der Waals surface area contributed by atoms with Crippen LogP contribution in [-0.2, 0) is 9.53 Å². The molecule has 0 aliphatic heterocycles. The minimum absolute atomic E-state index is 0. The summed E-state index contributed by atoms with van der Waals surface area (Å²) in [4.78, 5) is 10.6. The van der Waals surface area contributed by atoms with Crippen LogP contribution in [0.1, 0.15) is 118 Å². The van der Waals surface area contributed by atoms with Crippen LogP contribution in [0.25, 0.3) is 0 Å². The van der Waals surface area contributed by atoms with Crippen LogP contribution in [0.2, 0.25) is 0 Å². The number of hydrogen-bond donors (Lipinski definition) is 2. The maximum Gasteiger partial charge on any atom is 1.00 e. The molecule has 27 heavy (non-hydrogen) atoms. The van der Waals surface area contributed by atoms with E-state index in [0.29, 0.717) is 6.61 Å². The zero-order chi connectivity index (χ0) is 19.7. The molecule has 0 saturated heterocycles. The monoisotopic (exact) mass is 414 g/mol. The average molecular weight is 415 g/mol. The van der Waals surface area contributed by atoms with E-state index in [2.05, 4.69) is 6.92 Å². The Kier molecular flexibility index (Phi) is 38.4. The van der Waals surface area contributed by atoms with Crippen molar-refractivity contribution >= 4 is 5.97 Å². The molecule has 0 spiro atoms. The molecule has 2 N–H and O–H groups in total. The van der Waals surface area contributed by atoms with Crippen molar-refractivity contribution in [3.05, 3.63) is 0 Å². The van der Waals surface area contributed by atoms with Gasteiger partial charge in [-0.05, 0) is 6.42 Å². The molecule has 0 aliphatic rings. The van der Waals surface area contributed by atoms with Gasteiger partial charge in [0.05, 0.1) is 19.8 Å². The first-order chi connectivity index (χ1) is 12.7. The van der Waals surface area contributed by atoms with E-state index in [-0.39, 0.29) is 72.0 Å². The Hall–Kier alpha value is 1.03. The van der Waals surface area contributed by atoms with Gasteiger partial charge in [-0.3, -0.25) is 4.79 Å². The largest absolute Gasteiger partial charge is 1.00 e. The topological polar surface area (TPSA) is 66.8 Å². The number of carbonyl (C=O) groups excluding carboxylic acids is 1. The molecule has 0 aromatic carbocycles. The van der Waals surface area contributed by atoms with E-state index >= 15 is 0 Å². The van der Waals surface area contributed by atoms with E-state index < -0.39 is 0 Å². The fraction of sp³-hybridized carbons (Fsp3) is 0.955. The van der Waals surface area contributed by atoms with Gasteiger partial charge in [-0.2, -0.15) is 0 Å². The smallest absolute Gasteiger partial charge is 1.00 e. The minimum atomic E-state index is -0.152. The third-order valence-corrected chi connectivity index (χ3v) is 4.40. The second kappa shape index (κ2) is 31.7. The Morgan fingerprint density at radius 1 is 0.667 bits per heavy atom. The van der Waals surface area contributed by atoms with Crippen molar-refractivity contribution in [2.24, 2.45) is 0 Å². The molecule has 0 atom stereocenters. The summed E-state index contributed by atoms with van der Waals surface area (Å²) in [6.45, 7) is 4.11. The quantitative estimate of drug-likeness (QED) is 0.206. The SMILES string of the molecule is CCCCCCCCCCCCCCCCCCOC(C)=O.OCCO.[H-].[K+]. The van der Waals surface area contributed by atoms with Crippen LogP contribution >= 0.6 is 0 Å². The van der Waals surface area contributed by atoms with Crippen LogP contribution < -0.4 is 51.4 Å². The first-order valence-electron chi connectivity index (χ1n) is 11.0. The van der Waals surface area contributed by atoms with Crippen molar-refractivity contribution in [3.63, 3.8) is 0 Å². The Balaban J connectivity index is -0.000000435. The van der Waals surface area contributed by atoms with Gasteiger partial charge in [0.1, 0.15) is 0 Å². The maximum absolute atomic E-state index is 10.6. The normalized spacial score (nSPS) is 9.93. The van der Waals surface area contributed by atoms with Crippen LogP contribution in [-0.4, -0.2) is 36.0 Å². The van der Waals surface area contributed by atoms with E-state index in [0.717, 1.165) is 6.42 Å². The molecule has 0 amide bonds. The Bertz CT molecular complexity index is 267. The van der Waals surface area contributed by atoms with Crippen LogP contribution in [0, 0.1) is 0 Å². The summed E-state index contributed by atoms with van der Waals surface area (Å²) in [5, 5.41) is 15.2. The first kappa shape index (κ1) is 32.7. The van der Waals surface area contributed by atoms with Gasteiger partial charge in [-0.25, -0.2) is 0 Å². The third-order valence-electron chi connectivity index (χ3n) is 4.40. The molecule has 0 unspecified atom stereocenters. The number of unbranched alkanes of at least 4 members (excludes halogenated alkanes) is 15. The predicted molar refractivity (Wildman–Crippen MR) is 111 cm³/mol. The van der Waals surface area contributed by atoms with Crippen molar-refractivity contribution in [2.45, 2.75) is 117 Å². The number of ether oxygens (including phenoxy) is 1. The number of esters is 1. The molecule has 0 aromatic heterocycles. The summed E-state index contributed by atoms with van der Waals surface area (Å²) in [6.07, 6.45) is 22.0. The van der Waals surface area contributed by atoms with Crippen molar-refractivity contribution < 1.29 is 72.6 Å². The molecule has 0 fully saturated rings. The molecule has 0 aliphatic carbocycles. The standard InChI is InChI=1S/C20H40O2.C2H6O2.K.H/c1-3-4-5-6-7-8-9-10-11-12-13-14-15-16-17-18-19-22-20(2)21;3-1-2-4;;/h3-19H2,1-2H3;3-4H,1-2H2;;/q;;+1;-1. The Morgan fingerprint density at radius 3 is 1.22 bits per heavy atom. The molecule has 0 bridgehead atoms. The van der Waals surface area contributed by atoms with Gasteiger partial charge in [0.25, 0.3) is 0 Å². The molecule has 160 valence electrons. The van der Waals surface area contributed by atoms with E-state index in [1.165, 1.54) is 103 Å². The number of carbonyl (C=O) groups is 1. The van der Waals surface area contributed by atoms with Gasteiger partial charge in [-0.1, -0.05) is 103 Å². The van der Waals surface area contributed by atoms with Gasteiger partial charge >= 0.3 is 57.4 Å². The summed E-state index contributed by atoms with van der Waals surface area (Å²) >= 11 is 0. The predicted octanol–water partition coefficient (Wildman–Crippen LogP) is 2.90. The van der Waals surface area contributed by atoms with Gasteiger partial charge in [0, 0.05) is 6.92 Å². The summed E-state index contributed by atoms with van der Waals surface area (Å²) in [6, 6.07) is 0. The van der Waals surface area contributed by atoms with E-state index in [4.69, 9.17) is 14.9 Å². The van der Waals surface area contributed by atoms with Gasteiger partial charge in [0.2, 0.25) is 0 Å². The number of aliphatic hydroxyl groups is 2. The van der Waals surface area contributed by atoms with Crippen molar-refractivity contribution in [2.75, 3.05) is 19.8 Å². The van der Waals surface area contributed by atoms with E-state index in [1.807, 2.05) is 0 Å². The summed E-state index contributed by atoms with van der Waals surface area (Å²) in [5.74, 6) is -0.152. The van der Waals surface area contributed by atoms with Crippen molar-refractivity contribution in [3.8, 4) is 0 Å². The minimum Gasteiger partial charge on any atom is -1.00 e. The Labute approximate surface area is 213 Å². The van der Waals surface area contributed by atoms with Crippen molar-refractivity contribution in [1.29, 1.82) is 0 Å². The second-order valence-electron chi connectivity index (χ2n) is 7.09. The van der Waals surface area contributed by atoms with Crippen molar-refractivity contribution in [1.82, 2.24) is 0 Å². The zero-order valence-corrected chi connectivity index (χ0v) is 21.8. The fourth-order valence-electron chi connectivity index (χ4n) is 2.87. The van der Waals surface area contributed by atoms with Crippen LogP contribution in [0.15, 0.2) is 0 Å². The van der Waals surface area contributed by atoms with Gasteiger partial charge < -0.3 is 16.4 Å². The average Bonchev–Trinajstić information content (AvgIpc) is 2.64. The van der Waals surface area contributed by atoms with Gasteiger partial charge in [0.15, 0.2) is 0 Å². The molecule has 0 aromatic rings. The summed E-state index contributed by atoms with van der Waals surface area (Å²) in [7, 11) is 0. The molecular weight excluding hydrogens is 367 g/mol. The molecular formula is C22H47KO4. The van der Waals surface area contributed by atoms with Crippen LogP contribution in [0.5, 0.6) is 0 Å². The number of hydrogen-bond acceptors (Lipinski definition) is 4. The number of rotatable bonds is 18. The number of aliphatic hydroxyl groups excluding tert-OH is 2. The first-order valence-corrected chi connectivity index (χ1v) is 11.0. The maximum atomic E-state index is 10.6. The fourth-order valence-corrected chi connectivity index (χ4v) is 2.87. The summed E-state index contributed by atoms with van der Waals surface area (Å²) in [5.41, 5.74) is 0. The van der Waals surface area contributed by atoms with Crippen LogP contribution in [0.4, 0.5) is 0 Å². The second-order valence-corrected chi connectivity index (χ2v) is 7.09. The summed E-state index contributed by atoms with van der Waals surface area (Å²) < 4.78 is 4.92. The molecule has 0 saturated carbocycles. The third kappa shape index (κ3) is 38.3. The van der Waals surface area contributed by atoms with Gasteiger partial charge in [-0.15, -0.1) is 0 Å². The molecule has 4 nitrogen and oxygen atoms in total. The Morgan fingerprint density at radius 2 is 0.963 bits per heavy atom. The van der Waals surface area contributed by atoms with E-state index in [1.54, 1.807) is 0 Å². The van der Waals surface area contributed by atoms with E-state index in [9.17, 15) is 4.79 Å². The zero-order valence-electron chi connectivity index (χ0n) is 19.6. The molecule has 5 heteroatoms. The van der Waals surface area contributed by atoms with Crippen LogP contribution in [0.3, 0.4) is 0 Å². The molecule has 0 rings (SSSR count).